The van der Waals surface area contributed by atoms with Crippen molar-refractivity contribution in [2.24, 2.45) is 17.5 Å². The normalized spacial score (nSPS) is 20.2. The minimum Gasteiger partial charge on any atom is -0.490 e. The molecule has 1 atom stereocenters. The molecule has 1 saturated carbocycles. The highest BCUT2D eigenvalue weighted by atomic mass is 32.1. The molecule has 2 aliphatic heterocycles. The lowest BCUT2D eigenvalue weighted by Gasteiger charge is -2.49. The summed E-state index contributed by atoms with van der Waals surface area (Å²) in [6.45, 7) is 8.60. The van der Waals surface area contributed by atoms with Crippen molar-refractivity contribution in [2.75, 3.05) is 13.1 Å². The summed E-state index contributed by atoms with van der Waals surface area (Å²) in [7, 11) is 1.77. The Labute approximate surface area is 231 Å². The number of thiophene rings is 1. The van der Waals surface area contributed by atoms with Gasteiger partial charge in [0.15, 0.2) is 11.6 Å². The number of aliphatic imine (C=N–C) groups is 1. The van der Waals surface area contributed by atoms with Crippen molar-refractivity contribution in [3.8, 4) is 10.8 Å². The maximum absolute atomic E-state index is 6.39. The molecule has 0 radical (unpaired) electrons. The molecule has 0 bridgehead atoms. The molecule has 3 aliphatic rings. The number of ether oxygens (including phenoxy) is 1. The van der Waals surface area contributed by atoms with E-state index in [4.69, 9.17) is 9.73 Å². The Morgan fingerprint density at radius 2 is 1.82 bits per heavy atom. The van der Waals surface area contributed by atoms with Gasteiger partial charge in [-0.15, -0.1) is 31.7 Å². The van der Waals surface area contributed by atoms with Gasteiger partial charge in [-0.05, 0) is 100 Å². The van der Waals surface area contributed by atoms with Crippen LogP contribution in [-0.4, -0.2) is 59.9 Å². The maximum Gasteiger partial charge on any atom is 0.177 e. The number of benzene rings is 1. The smallest absolute Gasteiger partial charge is 0.177 e. The van der Waals surface area contributed by atoms with Crippen LogP contribution in [-0.2, 0) is 13.5 Å². The third-order valence-electron chi connectivity index (χ3n) is 8.58. The number of tetrazole rings is 1. The molecule has 11 heteroatoms. The van der Waals surface area contributed by atoms with Gasteiger partial charge in [0.25, 0.3) is 0 Å². The lowest BCUT2D eigenvalue weighted by atomic mass is 9.62. The quantitative estimate of drug-likeness (QED) is 0.408. The highest BCUT2D eigenvalue weighted by Crippen LogP contribution is 2.49. The van der Waals surface area contributed by atoms with Gasteiger partial charge in [-0.25, -0.2) is 0 Å². The molecule has 5 heterocycles. The van der Waals surface area contributed by atoms with Crippen molar-refractivity contribution in [3.63, 3.8) is 0 Å². The minimum absolute atomic E-state index is 0.295. The number of aromatic nitrogens is 7. The van der Waals surface area contributed by atoms with Crippen molar-refractivity contribution in [1.82, 2.24) is 40.3 Å². The molecule has 1 spiro atoms. The van der Waals surface area contributed by atoms with Gasteiger partial charge >= 0.3 is 0 Å². The molecule has 3 aromatic heterocycles. The van der Waals surface area contributed by atoms with Gasteiger partial charge in [0.05, 0.1) is 18.9 Å². The van der Waals surface area contributed by atoms with E-state index in [9.17, 15) is 0 Å². The van der Waals surface area contributed by atoms with Crippen LogP contribution in [0.5, 0.6) is 5.75 Å². The second kappa shape index (κ2) is 9.34. The molecule has 7 rings (SSSR count). The second-order valence-electron chi connectivity index (χ2n) is 11.2. The van der Waals surface area contributed by atoms with E-state index in [-0.39, 0.29) is 6.04 Å². The van der Waals surface area contributed by atoms with E-state index in [1.54, 1.807) is 18.4 Å². The number of piperidine rings is 1. The SMILES string of the molecule is Cc1sc2c(c1C)C(c1ccc(OC3CC4(CCNCC4)C3)cc1)=N[C@H](Cc1nnn(C)n1)c1nnc(C)n1-2. The Morgan fingerprint density at radius 3 is 2.54 bits per heavy atom. The third-order valence-corrected chi connectivity index (χ3v) is 9.77. The second-order valence-corrected chi connectivity index (χ2v) is 12.4. The summed E-state index contributed by atoms with van der Waals surface area (Å²) in [5.41, 5.74) is 4.88. The predicted molar refractivity (Wildman–Crippen MR) is 149 cm³/mol. The van der Waals surface area contributed by atoms with Crippen LogP contribution in [0, 0.1) is 26.2 Å². The first kappa shape index (κ1) is 24.6. The lowest BCUT2D eigenvalue weighted by Crippen LogP contribution is -2.49. The van der Waals surface area contributed by atoms with E-state index in [0.717, 1.165) is 65.2 Å². The first-order chi connectivity index (χ1) is 18.9. The number of hydrogen-bond donors (Lipinski definition) is 1. The van der Waals surface area contributed by atoms with Crippen LogP contribution in [0.15, 0.2) is 29.3 Å². The topological polar surface area (TPSA) is 108 Å². The third kappa shape index (κ3) is 4.28. The zero-order valence-corrected chi connectivity index (χ0v) is 23.6. The van der Waals surface area contributed by atoms with Crippen molar-refractivity contribution in [1.29, 1.82) is 0 Å². The van der Waals surface area contributed by atoms with E-state index >= 15 is 0 Å². The molecule has 10 nitrogen and oxygen atoms in total. The summed E-state index contributed by atoms with van der Waals surface area (Å²) in [5.74, 6) is 3.20. The molecule has 202 valence electrons. The molecular weight excluding hydrogens is 510 g/mol. The van der Waals surface area contributed by atoms with E-state index in [2.05, 4.69) is 73.6 Å². The first-order valence-corrected chi connectivity index (χ1v) is 14.5. The van der Waals surface area contributed by atoms with Gasteiger partial charge in [0.2, 0.25) is 0 Å². The number of nitrogens with one attached hydrogen (secondary N) is 1. The molecule has 39 heavy (non-hydrogen) atoms. The Hall–Kier alpha value is -3.44. The van der Waals surface area contributed by atoms with Crippen LogP contribution in [0.1, 0.15) is 70.8 Å². The average molecular weight is 544 g/mol. The Morgan fingerprint density at radius 1 is 1.05 bits per heavy atom. The average Bonchev–Trinajstić information content (AvgIpc) is 3.56. The van der Waals surface area contributed by atoms with E-state index in [1.807, 2.05) is 6.92 Å². The van der Waals surface area contributed by atoms with Gasteiger partial charge in [0, 0.05) is 22.4 Å². The van der Waals surface area contributed by atoms with Crippen LogP contribution < -0.4 is 10.1 Å². The molecule has 0 amide bonds. The molecule has 1 aliphatic carbocycles. The fraction of sp³-hybridized carbons (Fsp3) is 0.500. The fourth-order valence-electron chi connectivity index (χ4n) is 6.34. The van der Waals surface area contributed by atoms with Crippen molar-refractivity contribution in [3.05, 3.63) is 63.3 Å². The van der Waals surface area contributed by atoms with Crippen LogP contribution in [0.3, 0.4) is 0 Å². The summed E-state index contributed by atoms with van der Waals surface area (Å²) in [4.78, 5) is 8.07. The van der Waals surface area contributed by atoms with Gasteiger partial charge in [-0.2, -0.15) is 4.80 Å². The predicted octanol–water partition coefficient (Wildman–Crippen LogP) is 3.82. The number of fused-ring (bicyclic) bond motifs is 3. The lowest BCUT2D eigenvalue weighted by molar-refractivity contribution is -0.0347. The van der Waals surface area contributed by atoms with Gasteiger partial charge in [0.1, 0.15) is 22.6 Å². The first-order valence-electron chi connectivity index (χ1n) is 13.7. The Bertz CT molecular complexity index is 1550. The zero-order chi connectivity index (χ0) is 26.7. The molecular formula is C28H33N9OS. The Kier molecular flexibility index (Phi) is 5.89. The highest BCUT2D eigenvalue weighted by molar-refractivity contribution is 7.15. The van der Waals surface area contributed by atoms with Crippen LogP contribution in [0.4, 0.5) is 0 Å². The zero-order valence-electron chi connectivity index (χ0n) is 22.8. The summed E-state index contributed by atoms with van der Waals surface area (Å²) < 4.78 is 8.55. The summed E-state index contributed by atoms with van der Waals surface area (Å²) in [6.07, 6.45) is 5.67. The summed E-state index contributed by atoms with van der Waals surface area (Å²) in [6, 6.07) is 8.17. The van der Waals surface area contributed by atoms with Crippen LogP contribution in [0.25, 0.3) is 5.00 Å². The largest absolute Gasteiger partial charge is 0.490 e. The Balaban J connectivity index is 1.22. The van der Waals surface area contributed by atoms with Gasteiger partial charge in [-0.3, -0.25) is 9.56 Å². The molecule has 1 saturated heterocycles. The van der Waals surface area contributed by atoms with E-state index < -0.39 is 0 Å². The number of aryl methyl sites for hydroxylation is 3. The molecule has 1 aromatic carbocycles. The number of nitrogens with zero attached hydrogens (tertiary/aromatic N) is 8. The monoisotopic (exact) mass is 543 g/mol. The summed E-state index contributed by atoms with van der Waals surface area (Å²) in [5, 5.41) is 26.3. The number of rotatable bonds is 5. The number of hydrogen-bond acceptors (Lipinski definition) is 9. The molecule has 1 N–H and O–H groups in total. The fourth-order valence-corrected chi connectivity index (χ4v) is 7.56. The van der Waals surface area contributed by atoms with Crippen molar-refractivity contribution in [2.45, 2.75) is 65.0 Å². The standard InChI is InChI=1S/C28H33N9OS/c1-16-17(2)39-27-24(16)25(30-22(13-23-32-35-36(4)34-23)26-33-31-18(3)37(26)27)19-5-7-20(8-6-19)38-21-14-28(15-21)9-11-29-12-10-28/h5-8,21-22,29H,9-15H2,1-4H3/t22-/m1/s1. The van der Waals surface area contributed by atoms with E-state index in [1.165, 1.54) is 28.1 Å². The van der Waals surface area contributed by atoms with Gasteiger partial charge < -0.3 is 10.1 Å². The van der Waals surface area contributed by atoms with Crippen LogP contribution in [0.2, 0.25) is 0 Å². The molecule has 2 fully saturated rings. The highest BCUT2D eigenvalue weighted by Gasteiger charge is 2.45. The van der Waals surface area contributed by atoms with Crippen molar-refractivity contribution >= 4 is 17.0 Å². The summed E-state index contributed by atoms with van der Waals surface area (Å²) >= 11 is 1.76. The molecule has 0 unspecified atom stereocenters. The minimum atomic E-state index is -0.295. The maximum atomic E-state index is 6.39. The van der Waals surface area contributed by atoms with Crippen LogP contribution >= 0.6 is 11.3 Å². The molecule has 4 aromatic rings. The van der Waals surface area contributed by atoms with Gasteiger partial charge in [-0.1, -0.05) is 0 Å². The van der Waals surface area contributed by atoms with Crippen molar-refractivity contribution < 1.29 is 4.74 Å². The van der Waals surface area contributed by atoms with E-state index in [0.29, 0.717) is 23.8 Å².